The largest absolute Gasteiger partial charge is 0.480 e. The summed E-state index contributed by atoms with van der Waals surface area (Å²) in [6.45, 7) is 1.97. The number of aryl methyl sites for hydroxylation is 1. The van der Waals surface area contributed by atoms with Crippen LogP contribution in [0.5, 0.6) is 0 Å². The zero-order valence-electron chi connectivity index (χ0n) is 12.5. The van der Waals surface area contributed by atoms with E-state index in [0.717, 1.165) is 36.8 Å². The zero-order chi connectivity index (χ0) is 15.2. The van der Waals surface area contributed by atoms with Crippen molar-refractivity contribution in [2.75, 3.05) is 0 Å². The van der Waals surface area contributed by atoms with Crippen LogP contribution >= 0.6 is 0 Å². The van der Waals surface area contributed by atoms with Crippen molar-refractivity contribution in [3.63, 3.8) is 0 Å². The Kier molecular flexibility index (Phi) is 5.37. The molecule has 4 heteroatoms. The predicted molar refractivity (Wildman–Crippen MR) is 81.0 cm³/mol. The van der Waals surface area contributed by atoms with Crippen molar-refractivity contribution in [1.29, 1.82) is 0 Å². The van der Waals surface area contributed by atoms with Gasteiger partial charge < -0.3 is 10.4 Å². The third-order valence-corrected chi connectivity index (χ3v) is 4.11. The average molecular weight is 289 g/mol. The fraction of sp³-hybridized carbons (Fsp3) is 0.529. The van der Waals surface area contributed by atoms with Gasteiger partial charge in [-0.15, -0.1) is 0 Å². The Balaban J connectivity index is 1.98. The first kappa shape index (κ1) is 15.5. The molecule has 0 heterocycles. The van der Waals surface area contributed by atoms with Gasteiger partial charge >= 0.3 is 5.97 Å². The summed E-state index contributed by atoms with van der Waals surface area (Å²) in [4.78, 5) is 23.6. The molecular formula is C17H23NO3. The lowest BCUT2D eigenvalue weighted by Crippen LogP contribution is -2.45. The summed E-state index contributed by atoms with van der Waals surface area (Å²) in [5.74, 6) is -1.09. The van der Waals surface area contributed by atoms with Gasteiger partial charge in [-0.3, -0.25) is 4.79 Å². The number of nitrogens with one attached hydrogen (secondary N) is 1. The molecule has 0 unspecified atom stereocenters. The summed E-state index contributed by atoms with van der Waals surface area (Å²) in [5, 5.41) is 12.1. The van der Waals surface area contributed by atoms with E-state index in [1.165, 1.54) is 6.42 Å². The summed E-state index contributed by atoms with van der Waals surface area (Å²) < 4.78 is 0. The maximum atomic E-state index is 12.2. The topological polar surface area (TPSA) is 66.4 Å². The first-order valence-corrected chi connectivity index (χ1v) is 7.65. The van der Waals surface area contributed by atoms with Crippen molar-refractivity contribution >= 4 is 11.9 Å². The molecule has 1 saturated carbocycles. The van der Waals surface area contributed by atoms with Gasteiger partial charge in [0.2, 0.25) is 5.91 Å². The van der Waals surface area contributed by atoms with Crippen LogP contribution in [0.25, 0.3) is 0 Å². The van der Waals surface area contributed by atoms with E-state index in [-0.39, 0.29) is 11.8 Å². The van der Waals surface area contributed by atoms with Crippen LogP contribution < -0.4 is 5.32 Å². The molecule has 0 radical (unpaired) electrons. The lowest BCUT2D eigenvalue weighted by molar-refractivity contribution is -0.142. The van der Waals surface area contributed by atoms with Crippen LogP contribution in [0, 0.1) is 12.8 Å². The standard InChI is InChI=1S/C17H23NO3/c1-12-6-5-7-13(10-12)11-15(17(20)21)18-16(19)14-8-3-2-4-9-14/h5-7,10,14-15H,2-4,8-9,11H2,1H3,(H,18,19)(H,20,21)/t15-/m1/s1. The molecule has 1 aliphatic rings. The maximum absolute atomic E-state index is 12.2. The molecule has 1 aromatic rings. The minimum absolute atomic E-state index is 0.0156. The van der Waals surface area contributed by atoms with E-state index in [1.807, 2.05) is 31.2 Å². The van der Waals surface area contributed by atoms with Crippen LogP contribution in [-0.4, -0.2) is 23.0 Å². The number of benzene rings is 1. The Morgan fingerprint density at radius 2 is 2.00 bits per heavy atom. The highest BCUT2D eigenvalue weighted by atomic mass is 16.4. The van der Waals surface area contributed by atoms with Gasteiger partial charge in [0.15, 0.2) is 0 Å². The Morgan fingerprint density at radius 3 is 2.62 bits per heavy atom. The third-order valence-electron chi connectivity index (χ3n) is 4.11. The fourth-order valence-electron chi connectivity index (χ4n) is 2.93. The van der Waals surface area contributed by atoms with Gasteiger partial charge in [-0.25, -0.2) is 4.79 Å². The highest BCUT2D eigenvalue weighted by Crippen LogP contribution is 2.23. The number of amides is 1. The number of carboxylic acid groups (broad SMARTS) is 1. The molecule has 114 valence electrons. The van der Waals surface area contributed by atoms with Crippen molar-refractivity contribution in [2.45, 2.75) is 51.5 Å². The SMILES string of the molecule is Cc1cccc(C[C@@H](NC(=O)C2CCCCC2)C(=O)O)c1. The molecule has 0 aromatic heterocycles. The number of carboxylic acids is 1. The minimum Gasteiger partial charge on any atom is -0.480 e. The van der Waals surface area contributed by atoms with E-state index >= 15 is 0 Å². The number of hydrogen-bond acceptors (Lipinski definition) is 2. The third kappa shape index (κ3) is 4.59. The fourth-order valence-corrected chi connectivity index (χ4v) is 2.93. The molecule has 21 heavy (non-hydrogen) atoms. The van der Waals surface area contributed by atoms with Gasteiger partial charge in [-0.1, -0.05) is 49.1 Å². The van der Waals surface area contributed by atoms with Crippen LogP contribution in [0.1, 0.15) is 43.2 Å². The lowest BCUT2D eigenvalue weighted by atomic mass is 9.88. The Bertz CT molecular complexity index is 507. The minimum atomic E-state index is -0.972. The van der Waals surface area contributed by atoms with Crippen LogP contribution in [0.15, 0.2) is 24.3 Å². The molecule has 1 amide bonds. The Labute approximate surface area is 125 Å². The Hall–Kier alpha value is -1.84. The summed E-state index contributed by atoms with van der Waals surface area (Å²) >= 11 is 0. The van der Waals surface area contributed by atoms with E-state index in [4.69, 9.17) is 0 Å². The summed E-state index contributed by atoms with van der Waals surface area (Å²) in [6, 6.07) is 6.89. The van der Waals surface area contributed by atoms with Gasteiger partial charge in [-0.05, 0) is 25.3 Å². The van der Waals surface area contributed by atoms with Crippen molar-refractivity contribution in [1.82, 2.24) is 5.32 Å². The molecule has 1 aliphatic carbocycles. The molecule has 1 fully saturated rings. The van der Waals surface area contributed by atoms with Crippen LogP contribution in [-0.2, 0) is 16.0 Å². The molecule has 0 bridgehead atoms. The van der Waals surface area contributed by atoms with E-state index in [2.05, 4.69) is 5.32 Å². The molecule has 2 N–H and O–H groups in total. The van der Waals surface area contributed by atoms with Crippen LogP contribution in [0.2, 0.25) is 0 Å². The predicted octanol–water partition coefficient (Wildman–Crippen LogP) is 2.69. The van der Waals surface area contributed by atoms with Gasteiger partial charge in [0.05, 0.1) is 0 Å². The number of hydrogen-bond donors (Lipinski definition) is 2. The normalized spacial score (nSPS) is 17.2. The van der Waals surface area contributed by atoms with Crippen molar-refractivity contribution < 1.29 is 14.7 Å². The second-order valence-electron chi connectivity index (χ2n) is 5.93. The van der Waals surface area contributed by atoms with Gasteiger partial charge in [0.25, 0.3) is 0 Å². The number of carbonyl (C=O) groups is 2. The van der Waals surface area contributed by atoms with E-state index in [0.29, 0.717) is 6.42 Å². The highest BCUT2D eigenvalue weighted by molar-refractivity contribution is 5.85. The molecular weight excluding hydrogens is 266 g/mol. The zero-order valence-corrected chi connectivity index (χ0v) is 12.5. The molecule has 0 spiro atoms. The van der Waals surface area contributed by atoms with E-state index < -0.39 is 12.0 Å². The number of aliphatic carboxylic acids is 1. The molecule has 1 atom stereocenters. The molecule has 0 saturated heterocycles. The smallest absolute Gasteiger partial charge is 0.326 e. The van der Waals surface area contributed by atoms with E-state index in [9.17, 15) is 14.7 Å². The average Bonchev–Trinajstić information content (AvgIpc) is 2.47. The Morgan fingerprint density at radius 1 is 1.29 bits per heavy atom. The monoisotopic (exact) mass is 289 g/mol. The van der Waals surface area contributed by atoms with Gasteiger partial charge in [0.1, 0.15) is 6.04 Å². The van der Waals surface area contributed by atoms with Gasteiger partial charge in [-0.2, -0.15) is 0 Å². The van der Waals surface area contributed by atoms with Crippen LogP contribution in [0.3, 0.4) is 0 Å². The first-order valence-electron chi connectivity index (χ1n) is 7.65. The first-order chi connectivity index (χ1) is 10.1. The summed E-state index contributed by atoms with van der Waals surface area (Å²) in [7, 11) is 0. The second-order valence-corrected chi connectivity index (χ2v) is 5.93. The van der Waals surface area contributed by atoms with Crippen molar-refractivity contribution in [3.8, 4) is 0 Å². The molecule has 4 nitrogen and oxygen atoms in total. The maximum Gasteiger partial charge on any atom is 0.326 e. The number of rotatable bonds is 5. The van der Waals surface area contributed by atoms with Crippen LogP contribution in [0.4, 0.5) is 0 Å². The second kappa shape index (κ2) is 7.25. The van der Waals surface area contributed by atoms with E-state index in [1.54, 1.807) is 0 Å². The lowest BCUT2D eigenvalue weighted by Gasteiger charge is -2.23. The molecule has 0 aliphatic heterocycles. The summed E-state index contributed by atoms with van der Waals surface area (Å²) in [5.41, 5.74) is 2.03. The van der Waals surface area contributed by atoms with Crippen molar-refractivity contribution in [3.05, 3.63) is 35.4 Å². The van der Waals surface area contributed by atoms with Crippen molar-refractivity contribution in [2.24, 2.45) is 5.92 Å². The highest BCUT2D eigenvalue weighted by Gasteiger charge is 2.26. The molecule has 2 rings (SSSR count). The molecule has 1 aromatic carbocycles. The summed E-state index contributed by atoms with van der Waals surface area (Å²) in [6.07, 6.45) is 5.39. The van der Waals surface area contributed by atoms with Gasteiger partial charge in [0, 0.05) is 12.3 Å². The number of carbonyl (C=O) groups excluding carboxylic acids is 1. The quantitative estimate of drug-likeness (QED) is 0.876.